The van der Waals surface area contributed by atoms with Gasteiger partial charge < -0.3 is 19.5 Å². The fraction of sp³-hybridized carbons (Fsp3) is 0.333. The van der Waals surface area contributed by atoms with E-state index >= 15 is 0 Å². The number of carboxylic acid groups (broad SMARTS) is 1. The van der Waals surface area contributed by atoms with Crippen LogP contribution in [0.4, 0.5) is 0 Å². The molecule has 1 rings (SSSR count). The zero-order valence-corrected chi connectivity index (χ0v) is 12.2. The number of amides is 1. The first-order valence-corrected chi connectivity index (χ1v) is 6.46. The topological polar surface area (TPSA) is 76.1 Å². The molecule has 114 valence electrons. The number of rotatable bonds is 8. The fourth-order valence-electron chi connectivity index (χ4n) is 1.80. The molecule has 0 saturated heterocycles. The summed E-state index contributed by atoms with van der Waals surface area (Å²) in [5.41, 5.74) is 0.336. The molecular formula is C15H19NO5. The monoisotopic (exact) mass is 293 g/mol. The average molecular weight is 293 g/mol. The van der Waals surface area contributed by atoms with Gasteiger partial charge in [0.1, 0.15) is 6.54 Å². The van der Waals surface area contributed by atoms with Crippen molar-refractivity contribution >= 4 is 11.9 Å². The molecule has 0 atom stereocenters. The van der Waals surface area contributed by atoms with Crippen molar-refractivity contribution in [3.8, 4) is 11.5 Å². The number of nitrogens with zero attached hydrogens (tertiary/aromatic N) is 1. The Kier molecular flexibility index (Phi) is 6.26. The van der Waals surface area contributed by atoms with Crippen LogP contribution in [0.3, 0.4) is 0 Å². The Morgan fingerprint density at radius 2 is 2.10 bits per heavy atom. The largest absolute Gasteiger partial charge is 0.493 e. The van der Waals surface area contributed by atoms with Gasteiger partial charge in [-0.2, -0.15) is 0 Å². The van der Waals surface area contributed by atoms with E-state index in [-0.39, 0.29) is 13.1 Å². The van der Waals surface area contributed by atoms with Crippen molar-refractivity contribution < 1.29 is 24.2 Å². The first-order chi connectivity index (χ1) is 10.0. The third-order valence-corrected chi connectivity index (χ3v) is 2.67. The summed E-state index contributed by atoms with van der Waals surface area (Å²) in [6.45, 7) is 5.54. The molecule has 0 unspecified atom stereocenters. The summed E-state index contributed by atoms with van der Waals surface area (Å²) in [5.74, 6) is -0.522. The van der Waals surface area contributed by atoms with Gasteiger partial charge in [0.25, 0.3) is 5.91 Å². The summed E-state index contributed by atoms with van der Waals surface area (Å²) in [6.07, 6.45) is 1.48. The number of methoxy groups -OCH3 is 1. The van der Waals surface area contributed by atoms with Gasteiger partial charge in [-0.1, -0.05) is 6.08 Å². The van der Waals surface area contributed by atoms with Crippen LogP contribution in [-0.2, 0) is 4.79 Å². The number of benzene rings is 1. The van der Waals surface area contributed by atoms with E-state index in [1.807, 2.05) is 6.92 Å². The minimum absolute atomic E-state index is 0.154. The highest BCUT2D eigenvalue weighted by molar-refractivity contribution is 5.96. The van der Waals surface area contributed by atoms with Gasteiger partial charge in [-0.3, -0.25) is 9.59 Å². The lowest BCUT2D eigenvalue weighted by Gasteiger charge is -2.19. The van der Waals surface area contributed by atoms with E-state index < -0.39 is 11.9 Å². The number of carbonyl (C=O) groups excluding carboxylic acids is 1. The number of carboxylic acids is 1. The highest BCUT2D eigenvalue weighted by atomic mass is 16.5. The third-order valence-electron chi connectivity index (χ3n) is 2.67. The van der Waals surface area contributed by atoms with E-state index in [0.717, 1.165) is 0 Å². The summed E-state index contributed by atoms with van der Waals surface area (Å²) < 4.78 is 10.6. The highest BCUT2D eigenvalue weighted by Gasteiger charge is 2.19. The van der Waals surface area contributed by atoms with Gasteiger partial charge in [0.15, 0.2) is 11.5 Å². The standard InChI is InChI=1S/C15H19NO5/c1-4-8-16(10-14(17)18)15(19)11-6-7-12(20-3)13(9-11)21-5-2/h4,6-7,9H,1,5,8,10H2,2-3H3,(H,17,18). The Morgan fingerprint density at radius 1 is 1.38 bits per heavy atom. The quantitative estimate of drug-likeness (QED) is 0.740. The molecule has 1 aromatic rings. The van der Waals surface area contributed by atoms with Crippen molar-refractivity contribution in [1.29, 1.82) is 0 Å². The molecule has 0 spiro atoms. The van der Waals surface area contributed by atoms with Gasteiger partial charge >= 0.3 is 5.97 Å². The van der Waals surface area contributed by atoms with E-state index in [4.69, 9.17) is 14.6 Å². The number of hydrogen-bond acceptors (Lipinski definition) is 4. The summed E-state index contributed by atoms with van der Waals surface area (Å²) in [7, 11) is 1.51. The Balaban J connectivity index is 3.06. The Hall–Kier alpha value is -2.50. The molecule has 1 N–H and O–H groups in total. The van der Waals surface area contributed by atoms with Crippen molar-refractivity contribution in [2.45, 2.75) is 6.92 Å². The third kappa shape index (κ3) is 4.52. The van der Waals surface area contributed by atoms with Crippen molar-refractivity contribution in [3.05, 3.63) is 36.4 Å². The van der Waals surface area contributed by atoms with Crippen molar-refractivity contribution in [3.63, 3.8) is 0 Å². The molecule has 1 aromatic carbocycles. The van der Waals surface area contributed by atoms with Gasteiger partial charge in [-0.15, -0.1) is 6.58 Å². The summed E-state index contributed by atoms with van der Waals surface area (Å²) >= 11 is 0. The van der Waals surface area contributed by atoms with Crippen molar-refractivity contribution in [1.82, 2.24) is 4.90 Å². The maximum Gasteiger partial charge on any atom is 0.323 e. The zero-order valence-electron chi connectivity index (χ0n) is 12.2. The van der Waals surface area contributed by atoms with E-state index in [1.165, 1.54) is 18.1 Å². The maximum absolute atomic E-state index is 12.3. The predicted molar refractivity (Wildman–Crippen MR) is 77.9 cm³/mol. The number of aliphatic carboxylic acids is 1. The van der Waals surface area contributed by atoms with E-state index in [0.29, 0.717) is 23.7 Å². The first kappa shape index (κ1) is 16.6. The molecular weight excluding hydrogens is 274 g/mol. The number of carbonyl (C=O) groups is 2. The van der Waals surface area contributed by atoms with Crippen molar-refractivity contribution in [2.24, 2.45) is 0 Å². The van der Waals surface area contributed by atoms with E-state index in [2.05, 4.69) is 6.58 Å². The van der Waals surface area contributed by atoms with Crippen molar-refractivity contribution in [2.75, 3.05) is 26.8 Å². The summed E-state index contributed by atoms with van der Waals surface area (Å²) in [6, 6.07) is 4.73. The molecule has 6 nitrogen and oxygen atoms in total. The van der Waals surface area contributed by atoms with Crippen LogP contribution in [0.25, 0.3) is 0 Å². The van der Waals surface area contributed by atoms with Gasteiger partial charge in [0.05, 0.1) is 13.7 Å². The van der Waals surface area contributed by atoms with Crippen LogP contribution in [0.15, 0.2) is 30.9 Å². The molecule has 6 heteroatoms. The van der Waals surface area contributed by atoms with Crippen LogP contribution >= 0.6 is 0 Å². The molecule has 1 amide bonds. The van der Waals surface area contributed by atoms with Gasteiger partial charge in [0, 0.05) is 12.1 Å². The molecule has 21 heavy (non-hydrogen) atoms. The smallest absolute Gasteiger partial charge is 0.323 e. The van der Waals surface area contributed by atoms with Crippen LogP contribution in [0.5, 0.6) is 11.5 Å². The molecule has 0 aliphatic rings. The van der Waals surface area contributed by atoms with E-state index in [1.54, 1.807) is 18.2 Å². The predicted octanol–water partition coefficient (Wildman–Crippen LogP) is 1.81. The summed E-state index contributed by atoms with van der Waals surface area (Å²) in [4.78, 5) is 24.3. The Labute approximate surface area is 123 Å². The van der Waals surface area contributed by atoms with Gasteiger partial charge in [-0.05, 0) is 25.1 Å². The number of ether oxygens (including phenoxy) is 2. The molecule has 0 aromatic heterocycles. The lowest BCUT2D eigenvalue weighted by molar-refractivity contribution is -0.137. The minimum Gasteiger partial charge on any atom is -0.493 e. The molecule has 0 radical (unpaired) electrons. The molecule has 0 saturated carbocycles. The zero-order chi connectivity index (χ0) is 15.8. The molecule has 0 aliphatic carbocycles. The van der Waals surface area contributed by atoms with Gasteiger partial charge in [0.2, 0.25) is 0 Å². The van der Waals surface area contributed by atoms with Crippen LogP contribution in [0, 0.1) is 0 Å². The first-order valence-electron chi connectivity index (χ1n) is 6.46. The SMILES string of the molecule is C=CCN(CC(=O)O)C(=O)c1ccc(OC)c(OCC)c1. The molecule has 0 aliphatic heterocycles. The second kappa shape index (κ2) is 7.94. The maximum atomic E-state index is 12.3. The van der Waals surface area contributed by atoms with Crippen LogP contribution in [0.2, 0.25) is 0 Å². The van der Waals surface area contributed by atoms with Crippen LogP contribution in [0.1, 0.15) is 17.3 Å². The lowest BCUT2D eigenvalue weighted by Crippen LogP contribution is -2.35. The molecule has 0 bridgehead atoms. The number of hydrogen-bond donors (Lipinski definition) is 1. The van der Waals surface area contributed by atoms with E-state index in [9.17, 15) is 9.59 Å². The molecule has 0 fully saturated rings. The highest BCUT2D eigenvalue weighted by Crippen LogP contribution is 2.28. The van der Waals surface area contributed by atoms with Crippen LogP contribution < -0.4 is 9.47 Å². The fourth-order valence-corrected chi connectivity index (χ4v) is 1.80. The Bertz CT molecular complexity index is 527. The second-order valence-electron chi connectivity index (χ2n) is 4.17. The average Bonchev–Trinajstić information content (AvgIpc) is 2.46. The second-order valence-corrected chi connectivity index (χ2v) is 4.17. The lowest BCUT2D eigenvalue weighted by atomic mass is 10.1. The normalized spacial score (nSPS) is 9.81. The van der Waals surface area contributed by atoms with Gasteiger partial charge in [-0.25, -0.2) is 0 Å². The van der Waals surface area contributed by atoms with Crippen LogP contribution in [-0.4, -0.2) is 48.7 Å². The summed E-state index contributed by atoms with van der Waals surface area (Å²) in [5, 5.41) is 8.85. The minimum atomic E-state index is -1.08. The molecule has 0 heterocycles. The Morgan fingerprint density at radius 3 is 2.62 bits per heavy atom.